The average Bonchev–Trinajstić information content (AvgIpc) is 2.33. The Morgan fingerprint density at radius 3 is 3.00 bits per heavy atom. The Morgan fingerprint density at radius 1 is 1.58 bits per heavy atom. The van der Waals surface area contributed by atoms with E-state index >= 15 is 0 Å². The highest BCUT2D eigenvalue weighted by atomic mass is 35.5. The van der Waals surface area contributed by atoms with Gasteiger partial charge < -0.3 is 16.2 Å². The number of aromatic nitrogens is 1. The van der Waals surface area contributed by atoms with Crippen molar-refractivity contribution in [3.05, 3.63) is 22.5 Å². The molecule has 0 saturated heterocycles. The van der Waals surface area contributed by atoms with E-state index in [4.69, 9.17) is 17.3 Å². The van der Waals surface area contributed by atoms with Crippen molar-refractivity contribution in [3.8, 4) is 0 Å². The minimum absolute atomic E-state index is 0.0112. The van der Waals surface area contributed by atoms with Crippen molar-refractivity contribution in [2.45, 2.75) is 44.8 Å². The lowest BCUT2D eigenvalue weighted by Crippen LogP contribution is -2.40. The van der Waals surface area contributed by atoms with Crippen molar-refractivity contribution in [1.82, 2.24) is 10.3 Å². The van der Waals surface area contributed by atoms with Gasteiger partial charge in [-0.2, -0.15) is 0 Å². The monoisotopic (exact) mass is 283 g/mol. The first kappa shape index (κ1) is 14.1. The van der Waals surface area contributed by atoms with Gasteiger partial charge in [0, 0.05) is 6.04 Å². The molecule has 2 rings (SSSR count). The first-order chi connectivity index (χ1) is 8.97. The van der Waals surface area contributed by atoms with Gasteiger partial charge in [0.25, 0.3) is 5.91 Å². The summed E-state index contributed by atoms with van der Waals surface area (Å²) in [6, 6.07) is 1.46. The van der Waals surface area contributed by atoms with Crippen LogP contribution in [0.25, 0.3) is 0 Å². The van der Waals surface area contributed by atoms with Crippen molar-refractivity contribution < 1.29 is 9.90 Å². The molecule has 1 aromatic rings. The van der Waals surface area contributed by atoms with Crippen LogP contribution in [-0.2, 0) is 0 Å². The number of hydrogen-bond acceptors (Lipinski definition) is 4. The van der Waals surface area contributed by atoms with Gasteiger partial charge in [-0.25, -0.2) is 4.98 Å². The molecule has 1 aromatic heterocycles. The van der Waals surface area contributed by atoms with E-state index in [1.165, 1.54) is 6.07 Å². The number of nitrogens with two attached hydrogens (primary N) is 1. The van der Waals surface area contributed by atoms with Gasteiger partial charge in [0.2, 0.25) is 0 Å². The summed E-state index contributed by atoms with van der Waals surface area (Å²) in [5.74, 6) is -0.260. The molecule has 1 fully saturated rings. The molecule has 1 saturated carbocycles. The molecular formula is C13H18ClN3O2. The molecule has 0 aliphatic heterocycles. The second kappa shape index (κ2) is 5.75. The van der Waals surface area contributed by atoms with E-state index < -0.39 is 0 Å². The predicted molar refractivity (Wildman–Crippen MR) is 74.1 cm³/mol. The van der Waals surface area contributed by atoms with Gasteiger partial charge in [0.1, 0.15) is 5.15 Å². The third-order valence-corrected chi connectivity index (χ3v) is 3.64. The molecule has 2 atom stereocenters. The lowest BCUT2D eigenvalue weighted by atomic mass is 9.93. The molecule has 0 bridgehead atoms. The summed E-state index contributed by atoms with van der Waals surface area (Å²) in [4.78, 5) is 16.2. The van der Waals surface area contributed by atoms with Crippen molar-refractivity contribution in [3.63, 3.8) is 0 Å². The third kappa shape index (κ3) is 3.36. The van der Waals surface area contributed by atoms with E-state index in [9.17, 15) is 9.90 Å². The normalized spacial score (nSPS) is 23.1. The molecule has 5 nitrogen and oxygen atoms in total. The highest BCUT2D eigenvalue weighted by molar-refractivity contribution is 6.30. The standard InChI is InChI=1S/C13H18ClN3O2/c1-7-12(15)10(6-11(14)16-7)13(19)17-8-3-2-4-9(18)5-8/h6,8-9,18H,2-5,15H2,1H3,(H,17,19). The van der Waals surface area contributed by atoms with E-state index in [0.29, 0.717) is 23.4 Å². The molecular weight excluding hydrogens is 266 g/mol. The number of pyridine rings is 1. The van der Waals surface area contributed by atoms with Gasteiger partial charge in [0.15, 0.2) is 0 Å². The summed E-state index contributed by atoms with van der Waals surface area (Å²) < 4.78 is 0. The van der Waals surface area contributed by atoms with Crippen LogP contribution in [0, 0.1) is 6.92 Å². The molecule has 0 spiro atoms. The van der Waals surface area contributed by atoms with Crippen LogP contribution >= 0.6 is 11.6 Å². The van der Waals surface area contributed by atoms with Gasteiger partial charge >= 0.3 is 0 Å². The molecule has 19 heavy (non-hydrogen) atoms. The summed E-state index contributed by atoms with van der Waals surface area (Å²) >= 11 is 5.85. The molecule has 4 N–H and O–H groups in total. The molecule has 104 valence electrons. The summed E-state index contributed by atoms with van der Waals surface area (Å²) in [6.45, 7) is 1.71. The van der Waals surface area contributed by atoms with Crippen LogP contribution in [0.2, 0.25) is 5.15 Å². The number of aliphatic hydroxyl groups excluding tert-OH is 1. The summed E-state index contributed by atoms with van der Waals surface area (Å²) in [7, 11) is 0. The smallest absolute Gasteiger partial charge is 0.253 e. The van der Waals surface area contributed by atoms with E-state index in [2.05, 4.69) is 10.3 Å². The van der Waals surface area contributed by atoms with Gasteiger partial charge in [-0.15, -0.1) is 0 Å². The fourth-order valence-corrected chi connectivity index (χ4v) is 2.63. The van der Waals surface area contributed by atoms with Crippen LogP contribution in [-0.4, -0.2) is 28.1 Å². The largest absolute Gasteiger partial charge is 0.397 e. The number of nitrogen functional groups attached to an aromatic ring is 1. The first-order valence-electron chi connectivity index (χ1n) is 6.39. The second-order valence-electron chi connectivity index (χ2n) is 4.98. The molecule has 2 unspecified atom stereocenters. The maximum atomic E-state index is 12.2. The lowest BCUT2D eigenvalue weighted by Gasteiger charge is -2.26. The van der Waals surface area contributed by atoms with Crippen molar-refractivity contribution in [2.24, 2.45) is 0 Å². The number of nitrogens with one attached hydrogen (secondary N) is 1. The quantitative estimate of drug-likeness (QED) is 0.720. The minimum Gasteiger partial charge on any atom is -0.397 e. The van der Waals surface area contributed by atoms with Gasteiger partial charge in [-0.1, -0.05) is 11.6 Å². The van der Waals surface area contributed by atoms with Crippen molar-refractivity contribution >= 4 is 23.2 Å². The van der Waals surface area contributed by atoms with Crippen molar-refractivity contribution in [2.75, 3.05) is 5.73 Å². The molecule has 1 amide bonds. The summed E-state index contributed by atoms with van der Waals surface area (Å²) in [5.41, 5.74) is 7.09. The molecule has 0 aromatic carbocycles. The number of carbonyl (C=O) groups excluding carboxylic acids is 1. The Bertz CT molecular complexity index is 493. The van der Waals surface area contributed by atoms with E-state index in [1.807, 2.05) is 0 Å². The second-order valence-corrected chi connectivity index (χ2v) is 5.37. The maximum absolute atomic E-state index is 12.2. The summed E-state index contributed by atoms with van der Waals surface area (Å²) in [6.07, 6.45) is 2.84. The fraction of sp³-hybridized carbons (Fsp3) is 0.538. The Hall–Kier alpha value is -1.33. The maximum Gasteiger partial charge on any atom is 0.253 e. The zero-order valence-corrected chi connectivity index (χ0v) is 11.6. The molecule has 1 aliphatic carbocycles. The van der Waals surface area contributed by atoms with Gasteiger partial charge in [-0.3, -0.25) is 4.79 Å². The topological polar surface area (TPSA) is 88.2 Å². The van der Waals surface area contributed by atoms with Crippen LogP contribution in [0.4, 0.5) is 5.69 Å². The molecule has 0 radical (unpaired) electrons. The fourth-order valence-electron chi connectivity index (χ4n) is 2.39. The van der Waals surface area contributed by atoms with Crippen LogP contribution in [0.3, 0.4) is 0 Å². The molecule has 1 aliphatic rings. The number of nitrogens with zero attached hydrogens (tertiary/aromatic N) is 1. The van der Waals surface area contributed by atoms with Gasteiger partial charge in [0.05, 0.1) is 23.0 Å². The number of anilines is 1. The average molecular weight is 284 g/mol. The number of carbonyl (C=O) groups is 1. The Balaban J connectivity index is 2.11. The van der Waals surface area contributed by atoms with Crippen LogP contribution in [0.1, 0.15) is 41.7 Å². The third-order valence-electron chi connectivity index (χ3n) is 3.44. The number of rotatable bonds is 2. The van der Waals surface area contributed by atoms with E-state index in [0.717, 1.165) is 19.3 Å². The highest BCUT2D eigenvalue weighted by Gasteiger charge is 2.23. The molecule has 6 heteroatoms. The first-order valence-corrected chi connectivity index (χ1v) is 6.76. The SMILES string of the molecule is Cc1nc(Cl)cc(C(=O)NC2CCCC(O)C2)c1N. The zero-order valence-electron chi connectivity index (χ0n) is 10.8. The zero-order chi connectivity index (χ0) is 14.0. The molecule has 1 heterocycles. The number of aliphatic hydroxyl groups is 1. The highest BCUT2D eigenvalue weighted by Crippen LogP contribution is 2.22. The van der Waals surface area contributed by atoms with E-state index in [-0.39, 0.29) is 23.2 Å². The Morgan fingerprint density at radius 2 is 2.32 bits per heavy atom. The van der Waals surface area contributed by atoms with Crippen molar-refractivity contribution in [1.29, 1.82) is 0 Å². The number of amides is 1. The lowest BCUT2D eigenvalue weighted by molar-refractivity contribution is 0.0850. The van der Waals surface area contributed by atoms with Crippen LogP contribution in [0.5, 0.6) is 0 Å². The van der Waals surface area contributed by atoms with Crippen LogP contribution in [0.15, 0.2) is 6.07 Å². The van der Waals surface area contributed by atoms with Crippen LogP contribution < -0.4 is 11.1 Å². The van der Waals surface area contributed by atoms with E-state index in [1.54, 1.807) is 6.92 Å². The number of hydrogen-bond donors (Lipinski definition) is 3. The number of halogens is 1. The Kier molecular flexibility index (Phi) is 4.27. The number of aryl methyl sites for hydroxylation is 1. The Labute approximate surface area is 117 Å². The predicted octanol–water partition coefficient (Wildman–Crippen LogP) is 1.66. The van der Waals surface area contributed by atoms with Gasteiger partial charge in [-0.05, 0) is 38.7 Å². The minimum atomic E-state index is -0.334. The summed E-state index contributed by atoms with van der Waals surface area (Å²) in [5, 5.41) is 12.7.